The predicted octanol–water partition coefficient (Wildman–Crippen LogP) is 6.26. The zero-order valence-electron chi connectivity index (χ0n) is 18.8. The molecule has 33 heavy (non-hydrogen) atoms. The Hall–Kier alpha value is -3.57. The Morgan fingerprint density at radius 1 is 0.879 bits per heavy atom. The average Bonchev–Trinajstić information content (AvgIpc) is 3.05. The quantitative estimate of drug-likeness (QED) is 0.423. The second-order valence-corrected chi connectivity index (χ2v) is 8.47. The molecule has 6 heteroatoms. The molecular formula is C27H25ClN2O3. The van der Waals surface area contributed by atoms with Crippen molar-refractivity contribution in [2.45, 2.75) is 26.7 Å². The third kappa shape index (κ3) is 4.64. The minimum Gasteiger partial charge on any atom is -0.494 e. The van der Waals surface area contributed by atoms with Crippen molar-refractivity contribution >= 4 is 40.4 Å². The molecule has 1 N–H and O–H groups in total. The number of carbonyl (C=O) groups excluding carboxylic acids is 2. The number of halogens is 1. The normalized spacial score (nSPS) is 13.8. The summed E-state index contributed by atoms with van der Waals surface area (Å²) >= 11 is 6.05. The molecular weight excluding hydrogens is 436 g/mol. The monoisotopic (exact) mass is 460 g/mol. The van der Waals surface area contributed by atoms with Crippen LogP contribution in [0.1, 0.15) is 37.8 Å². The van der Waals surface area contributed by atoms with Crippen molar-refractivity contribution in [3.63, 3.8) is 0 Å². The molecule has 0 saturated heterocycles. The van der Waals surface area contributed by atoms with Gasteiger partial charge in [0, 0.05) is 10.7 Å². The Labute approximate surface area is 198 Å². The van der Waals surface area contributed by atoms with Crippen molar-refractivity contribution in [2.24, 2.45) is 0 Å². The molecule has 3 aromatic carbocycles. The standard InChI is InChI=1S/C27H25ClN2O3/c1-4-33-23-15-13-22(14-16-23)30-26(31)24(19-5-9-20(28)10-6-19)25(27(30)32)29-21-11-7-18(8-12-21)17(2)3/h5-17,29H,4H2,1-3H3. The van der Waals surface area contributed by atoms with Crippen molar-refractivity contribution in [1.82, 2.24) is 0 Å². The second kappa shape index (κ2) is 9.51. The summed E-state index contributed by atoms with van der Waals surface area (Å²) < 4.78 is 5.48. The maximum Gasteiger partial charge on any atom is 0.282 e. The van der Waals surface area contributed by atoms with Crippen LogP contribution in [-0.4, -0.2) is 18.4 Å². The van der Waals surface area contributed by atoms with Gasteiger partial charge in [0.15, 0.2) is 0 Å². The molecule has 0 saturated carbocycles. The molecule has 2 amide bonds. The first-order chi connectivity index (χ1) is 15.9. The summed E-state index contributed by atoms with van der Waals surface area (Å²) in [6.45, 7) is 6.68. The SMILES string of the molecule is CCOc1ccc(N2C(=O)C(Nc3ccc(C(C)C)cc3)=C(c3ccc(Cl)cc3)C2=O)cc1. The lowest BCUT2D eigenvalue weighted by molar-refractivity contribution is -0.120. The van der Waals surface area contributed by atoms with Crippen molar-refractivity contribution in [3.05, 3.63) is 94.6 Å². The van der Waals surface area contributed by atoms with Gasteiger partial charge >= 0.3 is 0 Å². The number of hydrogen-bond donors (Lipinski definition) is 1. The number of benzene rings is 3. The molecule has 1 heterocycles. The highest BCUT2D eigenvalue weighted by Gasteiger charge is 2.40. The van der Waals surface area contributed by atoms with Gasteiger partial charge in [-0.15, -0.1) is 0 Å². The number of nitrogens with zero attached hydrogens (tertiary/aromatic N) is 1. The maximum absolute atomic E-state index is 13.5. The molecule has 1 aliphatic rings. The van der Waals surface area contributed by atoms with Crippen LogP contribution in [0.15, 0.2) is 78.5 Å². The molecule has 0 spiro atoms. The van der Waals surface area contributed by atoms with Crippen LogP contribution in [0.5, 0.6) is 5.75 Å². The van der Waals surface area contributed by atoms with Gasteiger partial charge < -0.3 is 10.1 Å². The van der Waals surface area contributed by atoms with Crippen LogP contribution < -0.4 is 15.0 Å². The summed E-state index contributed by atoms with van der Waals surface area (Å²) in [6, 6.07) is 21.7. The maximum atomic E-state index is 13.5. The highest BCUT2D eigenvalue weighted by atomic mass is 35.5. The molecule has 5 nitrogen and oxygen atoms in total. The van der Waals surface area contributed by atoms with E-state index in [1.165, 1.54) is 10.5 Å². The first kappa shape index (κ1) is 22.6. The van der Waals surface area contributed by atoms with Crippen LogP contribution in [0.4, 0.5) is 11.4 Å². The van der Waals surface area contributed by atoms with Gasteiger partial charge in [0.1, 0.15) is 11.4 Å². The number of ether oxygens (including phenoxy) is 1. The average molecular weight is 461 g/mol. The number of carbonyl (C=O) groups is 2. The Morgan fingerprint density at radius 2 is 1.52 bits per heavy atom. The number of hydrogen-bond acceptors (Lipinski definition) is 4. The Morgan fingerprint density at radius 3 is 2.09 bits per heavy atom. The lowest BCUT2D eigenvalue weighted by atomic mass is 10.0. The Kier molecular flexibility index (Phi) is 6.52. The van der Waals surface area contributed by atoms with Crippen LogP contribution in [0.25, 0.3) is 5.57 Å². The van der Waals surface area contributed by atoms with Gasteiger partial charge in [0.05, 0.1) is 17.9 Å². The molecule has 168 valence electrons. The summed E-state index contributed by atoms with van der Waals surface area (Å²) in [6.07, 6.45) is 0. The first-order valence-corrected chi connectivity index (χ1v) is 11.3. The van der Waals surface area contributed by atoms with Crippen LogP contribution in [0.2, 0.25) is 5.02 Å². The van der Waals surface area contributed by atoms with Crippen LogP contribution in [-0.2, 0) is 9.59 Å². The molecule has 0 fully saturated rings. The van der Waals surface area contributed by atoms with E-state index >= 15 is 0 Å². The molecule has 0 unspecified atom stereocenters. The summed E-state index contributed by atoms with van der Waals surface area (Å²) in [5.74, 6) is 0.261. The smallest absolute Gasteiger partial charge is 0.282 e. The number of anilines is 2. The lowest BCUT2D eigenvalue weighted by Gasteiger charge is -2.16. The fourth-order valence-corrected chi connectivity index (χ4v) is 3.84. The second-order valence-electron chi connectivity index (χ2n) is 8.03. The summed E-state index contributed by atoms with van der Waals surface area (Å²) in [7, 11) is 0. The minimum absolute atomic E-state index is 0.230. The van der Waals surface area contributed by atoms with Crippen molar-refractivity contribution in [1.29, 1.82) is 0 Å². The van der Waals surface area contributed by atoms with Crippen LogP contribution >= 0.6 is 11.6 Å². The molecule has 3 aromatic rings. The van der Waals surface area contributed by atoms with E-state index in [-0.39, 0.29) is 5.70 Å². The molecule has 0 bridgehead atoms. The molecule has 0 atom stereocenters. The van der Waals surface area contributed by atoms with Gasteiger partial charge in [0.2, 0.25) is 0 Å². The zero-order chi connectivity index (χ0) is 23.5. The fourth-order valence-electron chi connectivity index (χ4n) is 3.72. The molecule has 0 aliphatic carbocycles. The van der Waals surface area contributed by atoms with E-state index in [1.807, 2.05) is 31.2 Å². The van der Waals surface area contributed by atoms with E-state index in [1.54, 1.807) is 48.5 Å². The lowest BCUT2D eigenvalue weighted by Crippen LogP contribution is -2.32. The van der Waals surface area contributed by atoms with Gasteiger partial charge in [-0.05, 0) is 72.5 Å². The van der Waals surface area contributed by atoms with Gasteiger partial charge in [-0.2, -0.15) is 0 Å². The predicted molar refractivity (Wildman–Crippen MR) is 133 cm³/mol. The Balaban J connectivity index is 1.73. The van der Waals surface area contributed by atoms with Gasteiger partial charge in [-0.25, -0.2) is 4.90 Å². The largest absolute Gasteiger partial charge is 0.494 e. The highest BCUT2D eigenvalue weighted by Crippen LogP contribution is 2.35. The molecule has 1 aliphatic heterocycles. The summed E-state index contributed by atoms with van der Waals surface area (Å²) in [5.41, 5.74) is 3.55. The number of imide groups is 1. The van der Waals surface area contributed by atoms with Gasteiger partial charge in [0.25, 0.3) is 11.8 Å². The summed E-state index contributed by atoms with van der Waals surface area (Å²) in [4.78, 5) is 28.2. The Bertz CT molecular complexity index is 1200. The molecule has 4 rings (SSSR count). The highest BCUT2D eigenvalue weighted by molar-refractivity contribution is 6.46. The fraction of sp³-hybridized carbons (Fsp3) is 0.185. The molecule has 0 aromatic heterocycles. The van der Waals surface area contributed by atoms with Crippen molar-refractivity contribution in [3.8, 4) is 5.75 Å². The minimum atomic E-state index is -0.415. The van der Waals surface area contributed by atoms with Crippen molar-refractivity contribution in [2.75, 3.05) is 16.8 Å². The van der Waals surface area contributed by atoms with E-state index in [2.05, 4.69) is 19.2 Å². The van der Waals surface area contributed by atoms with Crippen LogP contribution in [0, 0.1) is 0 Å². The van der Waals surface area contributed by atoms with Crippen LogP contribution in [0.3, 0.4) is 0 Å². The number of amides is 2. The first-order valence-electron chi connectivity index (χ1n) is 10.9. The summed E-state index contributed by atoms with van der Waals surface area (Å²) in [5, 5.41) is 3.75. The zero-order valence-corrected chi connectivity index (χ0v) is 19.5. The molecule has 0 radical (unpaired) electrons. The van der Waals surface area contributed by atoms with E-state index in [0.717, 1.165) is 5.69 Å². The third-order valence-corrected chi connectivity index (χ3v) is 5.72. The number of nitrogens with one attached hydrogen (secondary N) is 1. The van der Waals surface area contributed by atoms with E-state index < -0.39 is 11.8 Å². The van der Waals surface area contributed by atoms with E-state index in [9.17, 15) is 9.59 Å². The third-order valence-electron chi connectivity index (χ3n) is 5.47. The topological polar surface area (TPSA) is 58.6 Å². The van der Waals surface area contributed by atoms with Crippen molar-refractivity contribution < 1.29 is 14.3 Å². The van der Waals surface area contributed by atoms with Gasteiger partial charge in [-0.1, -0.05) is 49.7 Å². The van der Waals surface area contributed by atoms with E-state index in [0.29, 0.717) is 40.1 Å². The van der Waals surface area contributed by atoms with E-state index in [4.69, 9.17) is 16.3 Å². The van der Waals surface area contributed by atoms with Gasteiger partial charge in [-0.3, -0.25) is 9.59 Å². The number of rotatable bonds is 7.